The molecule has 0 aromatic heterocycles. The highest BCUT2D eigenvalue weighted by molar-refractivity contribution is 5.82. The molecule has 4 heteroatoms. The summed E-state index contributed by atoms with van der Waals surface area (Å²) in [5, 5.41) is 2.85. The van der Waals surface area contributed by atoms with Gasteiger partial charge < -0.3 is 15.8 Å². The molecule has 0 saturated carbocycles. The van der Waals surface area contributed by atoms with Gasteiger partial charge in [0.1, 0.15) is 0 Å². The van der Waals surface area contributed by atoms with Gasteiger partial charge in [-0.3, -0.25) is 4.79 Å². The average molecular weight is 186 g/mol. The third kappa shape index (κ3) is 2.97. The number of rotatable bonds is 2. The maximum atomic E-state index is 11.5. The molecular weight excluding hydrogens is 168 g/mol. The first-order valence-electron chi connectivity index (χ1n) is 4.55. The zero-order valence-electron chi connectivity index (χ0n) is 8.46. The third-order valence-electron chi connectivity index (χ3n) is 1.97. The first-order valence-corrected chi connectivity index (χ1v) is 4.55. The number of ether oxygens (including phenoxy) is 1. The van der Waals surface area contributed by atoms with Gasteiger partial charge in [-0.05, 0) is 20.8 Å². The van der Waals surface area contributed by atoms with Crippen molar-refractivity contribution < 1.29 is 9.53 Å². The van der Waals surface area contributed by atoms with Gasteiger partial charge in [0, 0.05) is 11.5 Å². The summed E-state index contributed by atoms with van der Waals surface area (Å²) in [6.07, 6.45) is 0. The van der Waals surface area contributed by atoms with Gasteiger partial charge in [-0.1, -0.05) is 0 Å². The zero-order valence-corrected chi connectivity index (χ0v) is 8.46. The second-order valence-corrected chi connectivity index (χ2v) is 4.56. The van der Waals surface area contributed by atoms with Crippen LogP contribution in [0.4, 0.5) is 0 Å². The van der Waals surface area contributed by atoms with Crippen LogP contribution >= 0.6 is 0 Å². The average Bonchev–Trinajstić information content (AvgIpc) is 1.78. The summed E-state index contributed by atoms with van der Waals surface area (Å²) in [7, 11) is 0. The predicted molar refractivity (Wildman–Crippen MR) is 50.2 cm³/mol. The molecule has 0 aromatic rings. The number of amides is 1. The molecule has 1 amide bonds. The molecule has 1 rings (SSSR count). The summed E-state index contributed by atoms with van der Waals surface area (Å²) >= 11 is 0. The summed E-state index contributed by atoms with van der Waals surface area (Å²) in [6.45, 7) is 7.04. The minimum atomic E-state index is -0.423. The van der Waals surface area contributed by atoms with Crippen molar-refractivity contribution in [1.82, 2.24) is 5.32 Å². The normalized spacial score (nSPS) is 20.6. The molecule has 1 saturated heterocycles. The molecule has 1 aliphatic heterocycles. The molecule has 0 aliphatic carbocycles. The highest BCUT2D eigenvalue weighted by Gasteiger charge is 2.31. The standard InChI is InChI=1S/C9H18N2O2/c1-9(2,3)11-8(12)7(10)6-4-13-5-6/h6-7H,4-5,10H2,1-3H3,(H,11,12)/t7-/m1/s1. The van der Waals surface area contributed by atoms with Crippen LogP contribution in [0, 0.1) is 5.92 Å². The van der Waals surface area contributed by atoms with Crippen molar-refractivity contribution in [3.8, 4) is 0 Å². The summed E-state index contributed by atoms with van der Waals surface area (Å²) in [5.41, 5.74) is 5.53. The Kier molecular flexibility index (Phi) is 2.93. The lowest BCUT2D eigenvalue weighted by Crippen LogP contribution is -2.55. The van der Waals surface area contributed by atoms with E-state index in [4.69, 9.17) is 10.5 Å². The van der Waals surface area contributed by atoms with Crippen LogP contribution in [0.3, 0.4) is 0 Å². The van der Waals surface area contributed by atoms with Crippen molar-refractivity contribution >= 4 is 5.91 Å². The Bertz CT molecular complexity index is 194. The van der Waals surface area contributed by atoms with Crippen LogP contribution in [0.25, 0.3) is 0 Å². The number of nitrogens with one attached hydrogen (secondary N) is 1. The van der Waals surface area contributed by atoms with Gasteiger partial charge in [-0.25, -0.2) is 0 Å². The lowest BCUT2D eigenvalue weighted by molar-refractivity contribution is -0.130. The molecule has 0 bridgehead atoms. The quantitative estimate of drug-likeness (QED) is 0.631. The molecule has 1 aliphatic rings. The number of carbonyl (C=O) groups is 1. The van der Waals surface area contributed by atoms with Crippen molar-refractivity contribution in [1.29, 1.82) is 0 Å². The van der Waals surface area contributed by atoms with Crippen LogP contribution in [-0.4, -0.2) is 30.7 Å². The van der Waals surface area contributed by atoms with Crippen LogP contribution in [0.5, 0.6) is 0 Å². The molecule has 3 N–H and O–H groups in total. The largest absolute Gasteiger partial charge is 0.381 e. The van der Waals surface area contributed by atoms with Crippen molar-refractivity contribution in [2.45, 2.75) is 32.4 Å². The fourth-order valence-electron chi connectivity index (χ4n) is 1.13. The van der Waals surface area contributed by atoms with Gasteiger partial charge >= 0.3 is 0 Å². The smallest absolute Gasteiger partial charge is 0.237 e. The first-order chi connectivity index (χ1) is 5.90. The van der Waals surface area contributed by atoms with Gasteiger partial charge in [0.15, 0.2) is 0 Å². The number of nitrogens with two attached hydrogens (primary N) is 1. The van der Waals surface area contributed by atoms with Crippen LogP contribution in [0.2, 0.25) is 0 Å². The fourth-order valence-corrected chi connectivity index (χ4v) is 1.13. The summed E-state index contributed by atoms with van der Waals surface area (Å²) < 4.78 is 4.98. The molecule has 1 heterocycles. The van der Waals surface area contributed by atoms with Crippen LogP contribution in [0.15, 0.2) is 0 Å². The molecule has 4 nitrogen and oxygen atoms in total. The Morgan fingerprint density at radius 1 is 1.54 bits per heavy atom. The molecule has 76 valence electrons. The molecule has 0 spiro atoms. The van der Waals surface area contributed by atoms with Gasteiger partial charge in [-0.2, -0.15) is 0 Å². The first kappa shape index (κ1) is 10.5. The molecule has 13 heavy (non-hydrogen) atoms. The Hall–Kier alpha value is -0.610. The second-order valence-electron chi connectivity index (χ2n) is 4.56. The molecule has 1 atom stereocenters. The molecule has 0 aromatic carbocycles. The van der Waals surface area contributed by atoms with Crippen LogP contribution in [-0.2, 0) is 9.53 Å². The molecule has 1 fully saturated rings. The monoisotopic (exact) mass is 186 g/mol. The van der Waals surface area contributed by atoms with E-state index in [1.54, 1.807) is 0 Å². The lowest BCUT2D eigenvalue weighted by atomic mass is 9.97. The Labute approximate surface area is 78.8 Å². The van der Waals surface area contributed by atoms with Crippen LogP contribution < -0.4 is 11.1 Å². The number of carbonyl (C=O) groups excluding carboxylic acids is 1. The lowest BCUT2D eigenvalue weighted by Gasteiger charge is -2.32. The van der Waals surface area contributed by atoms with E-state index in [0.29, 0.717) is 13.2 Å². The molecular formula is C9H18N2O2. The highest BCUT2D eigenvalue weighted by atomic mass is 16.5. The van der Waals surface area contributed by atoms with E-state index < -0.39 is 6.04 Å². The van der Waals surface area contributed by atoms with Crippen LogP contribution in [0.1, 0.15) is 20.8 Å². The SMILES string of the molecule is CC(C)(C)NC(=O)[C@H](N)C1COC1. The third-order valence-corrected chi connectivity index (χ3v) is 1.97. The highest BCUT2D eigenvalue weighted by Crippen LogP contribution is 2.14. The molecule has 0 radical (unpaired) electrons. The van der Waals surface area contributed by atoms with Gasteiger partial charge in [0.05, 0.1) is 19.3 Å². The Morgan fingerprint density at radius 2 is 2.08 bits per heavy atom. The Balaban J connectivity index is 2.38. The van der Waals surface area contributed by atoms with E-state index in [-0.39, 0.29) is 17.4 Å². The van der Waals surface area contributed by atoms with Gasteiger partial charge in [0.2, 0.25) is 5.91 Å². The molecule has 0 unspecified atom stereocenters. The fraction of sp³-hybridized carbons (Fsp3) is 0.889. The van der Waals surface area contributed by atoms with Crippen molar-refractivity contribution in [3.05, 3.63) is 0 Å². The predicted octanol–water partition coefficient (Wildman–Crippen LogP) is -0.125. The number of hydrogen-bond acceptors (Lipinski definition) is 3. The summed E-state index contributed by atoms with van der Waals surface area (Å²) in [4.78, 5) is 11.5. The van der Waals surface area contributed by atoms with E-state index in [1.165, 1.54) is 0 Å². The van der Waals surface area contributed by atoms with Gasteiger partial charge in [0.25, 0.3) is 0 Å². The summed E-state index contributed by atoms with van der Waals surface area (Å²) in [6, 6.07) is -0.423. The Morgan fingerprint density at radius 3 is 2.38 bits per heavy atom. The minimum Gasteiger partial charge on any atom is -0.381 e. The van der Waals surface area contributed by atoms with E-state index >= 15 is 0 Å². The topological polar surface area (TPSA) is 64.4 Å². The van der Waals surface area contributed by atoms with E-state index in [0.717, 1.165) is 0 Å². The van der Waals surface area contributed by atoms with E-state index in [1.807, 2.05) is 20.8 Å². The minimum absolute atomic E-state index is 0.0826. The maximum absolute atomic E-state index is 11.5. The zero-order chi connectivity index (χ0) is 10.1. The summed E-state index contributed by atoms with van der Waals surface area (Å²) in [5.74, 6) is 0.114. The second kappa shape index (κ2) is 3.64. The van der Waals surface area contributed by atoms with Crippen molar-refractivity contribution in [2.24, 2.45) is 11.7 Å². The number of hydrogen-bond donors (Lipinski definition) is 2. The van der Waals surface area contributed by atoms with Crippen molar-refractivity contribution in [3.63, 3.8) is 0 Å². The van der Waals surface area contributed by atoms with Gasteiger partial charge in [-0.15, -0.1) is 0 Å². The van der Waals surface area contributed by atoms with E-state index in [9.17, 15) is 4.79 Å². The van der Waals surface area contributed by atoms with Crippen molar-refractivity contribution in [2.75, 3.05) is 13.2 Å². The maximum Gasteiger partial charge on any atom is 0.237 e. The van der Waals surface area contributed by atoms with E-state index in [2.05, 4.69) is 5.32 Å².